The second-order valence-electron chi connectivity index (χ2n) is 3.34. The van der Waals surface area contributed by atoms with Gasteiger partial charge in [-0.25, -0.2) is 9.37 Å². The third-order valence-corrected chi connectivity index (χ3v) is 2.75. The van der Waals surface area contributed by atoms with E-state index in [2.05, 4.69) is 20.5 Å². The summed E-state index contributed by atoms with van der Waals surface area (Å²) in [6.45, 7) is 3.29. The van der Waals surface area contributed by atoms with Crippen LogP contribution in [0.4, 0.5) is 9.52 Å². The van der Waals surface area contributed by atoms with Crippen LogP contribution in [-0.2, 0) is 0 Å². The number of amides is 1. The van der Waals surface area contributed by atoms with Gasteiger partial charge >= 0.3 is 0 Å². The van der Waals surface area contributed by atoms with Gasteiger partial charge in [-0.1, -0.05) is 11.3 Å². The number of carbonyl (C=O) groups excluding carboxylic acids is 1. The molecule has 0 spiro atoms. The van der Waals surface area contributed by atoms with E-state index in [1.807, 2.05) is 0 Å². The number of pyridine rings is 1. The minimum absolute atomic E-state index is 0.150. The maximum absolute atomic E-state index is 13.0. The zero-order valence-electron chi connectivity index (χ0n) is 9.19. The smallest absolute Gasteiger partial charge is 0.276 e. The summed E-state index contributed by atoms with van der Waals surface area (Å²) >= 11 is 1.26. The van der Waals surface area contributed by atoms with E-state index in [0.717, 1.165) is 5.01 Å². The molecule has 2 rings (SSSR count). The Bertz CT molecular complexity index is 569. The third-order valence-electron chi connectivity index (χ3n) is 2.00. The second-order valence-corrected chi connectivity index (χ2v) is 4.53. The van der Waals surface area contributed by atoms with Crippen molar-refractivity contribution in [3.8, 4) is 0 Å². The summed E-state index contributed by atoms with van der Waals surface area (Å²) < 4.78 is 13.0. The Morgan fingerprint density at radius 2 is 2.12 bits per heavy atom. The monoisotopic (exact) mass is 252 g/mol. The fourth-order valence-electron chi connectivity index (χ4n) is 1.18. The maximum atomic E-state index is 13.0. The van der Waals surface area contributed by atoms with E-state index in [1.54, 1.807) is 6.92 Å². The van der Waals surface area contributed by atoms with Gasteiger partial charge in [0.15, 0.2) is 0 Å². The van der Waals surface area contributed by atoms with Crippen LogP contribution in [0.3, 0.4) is 0 Å². The van der Waals surface area contributed by atoms with E-state index in [4.69, 9.17) is 0 Å². The molecule has 0 saturated heterocycles. The molecule has 17 heavy (non-hydrogen) atoms. The van der Waals surface area contributed by atoms with Gasteiger partial charge in [-0.2, -0.15) is 0 Å². The lowest BCUT2D eigenvalue weighted by molar-refractivity contribution is 0.102. The average molecular weight is 252 g/mol. The van der Waals surface area contributed by atoms with Crippen LogP contribution < -0.4 is 5.32 Å². The predicted octanol–water partition coefficient (Wildman–Crippen LogP) is 1.94. The molecule has 2 aromatic rings. The molecule has 0 aliphatic heterocycles. The zero-order chi connectivity index (χ0) is 12.4. The molecule has 0 fully saturated rings. The van der Waals surface area contributed by atoms with E-state index in [9.17, 15) is 9.18 Å². The van der Waals surface area contributed by atoms with Crippen molar-refractivity contribution >= 4 is 22.4 Å². The highest BCUT2D eigenvalue weighted by atomic mass is 32.1. The van der Waals surface area contributed by atoms with Crippen LogP contribution >= 0.6 is 11.3 Å². The SMILES string of the molecule is Cc1nnc(NC(=O)c2ccc(F)c(C)n2)s1. The van der Waals surface area contributed by atoms with Crippen molar-refractivity contribution in [1.82, 2.24) is 15.2 Å². The van der Waals surface area contributed by atoms with Crippen molar-refractivity contribution in [2.45, 2.75) is 13.8 Å². The second kappa shape index (κ2) is 4.54. The fraction of sp³-hybridized carbons (Fsp3) is 0.200. The summed E-state index contributed by atoms with van der Waals surface area (Å²) in [5.74, 6) is -0.863. The van der Waals surface area contributed by atoms with Crippen molar-refractivity contribution in [2.75, 3.05) is 5.32 Å². The molecule has 0 atom stereocenters. The molecule has 0 aliphatic carbocycles. The first-order chi connectivity index (χ1) is 8.06. The molecule has 0 radical (unpaired) electrons. The van der Waals surface area contributed by atoms with Crippen LogP contribution in [-0.4, -0.2) is 21.1 Å². The Balaban J connectivity index is 2.17. The summed E-state index contributed by atoms with van der Waals surface area (Å²) in [6, 6.07) is 2.54. The van der Waals surface area contributed by atoms with Gasteiger partial charge in [0.25, 0.3) is 5.91 Å². The lowest BCUT2D eigenvalue weighted by atomic mass is 10.3. The highest BCUT2D eigenvalue weighted by Crippen LogP contribution is 2.14. The Hall–Kier alpha value is -1.89. The molecular weight excluding hydrogens is 243 g/mol. The Morgan fingerprint density at radius 1 is 1.35 bits per heavy atom. The molecular formula is C10H9FN4OS. The van der Waals surface area contributed by atoms with Gasteiger partial charge in [-0.3, -0.25) is 10.1 Å². The summed E-state index contributed by atoms with van der Waals surface area (Å²) in [6.07, 6.45) is 0. The number of aromatic nitrogens is 3. The van der Waals surface area contributed by atoms with E-state index >= 15 is 0 Å². The molecule has 7 heteroatoms. The molecule has 1 N–H and O–H groups in total. The van der Waals surface area contributed by atoms with Crippen molar-refractivity contribution in [1.29, 1.82) is 0 Å². The Morgan fingerprint density at radius 3 is 2.71 bits per heavy atom. The first-order valence-corrected chi connectivity index (χ1v) is 5.62. The topological polar surface area (TPSA) is 67.8 Å². The number of hydrogen-bond acceptors (Lipinski definition) is 5. The largest absolute Gasteiger partial charge is 0.295 e. The van der Waals surface area contributed by atoms with Gasteiger partial charge in [0.1, 0.15) is 16.5 Å². The number of halogens is 1. The normalized spacial score (nSPS) is 10.3. The van der Waals surface area contributed by atoms with Crippen LogP contribution in [0.25, 0.3) is 0 Å². The van der Waals surface area contributed by atoms with E-state index < -0.39 is 11.7 Å². The van der Waals surface area contributed by atoms with Crippen LogP contribution in [0.2, 0.25) is 0 Å². The van der Waals surface area contributed by atoms with Gasteiger partial charge in [0, 0.05) is 0 Å². The van der Waals surface area contributed by atoms with E-state index in [-0.39, 0.29) is 11.4 Å². The van der Waals surface area contributed by atoms with Crippen LogP contribution in [0, 0.1) is 19.7 Å². The first kappa shape index (κ1) is 11.6. The van der Waals surface area contributed by atoms with Crippen molar-refractivity contribution < 1.29 is 9.18 Å². The summed E-state index contributed by atoms with van der Waals surface area (Å²) in [7, 11) is 0. The molecule has 0 bridgehead atoms. The highest BCUT2D eigenvalue weighted by molar-refractivity contribution is 7.15. The van der Waals surface area contributed by atoms with E-state index in [0.29, 0.717) is 5.13 Å². The molecule has 0 aromatic carbocycles. The van der Waals surface area contributed by atoms with Gasteiger partial charge in [-0.05, 0) is 26.0 Å². The number of nitrogens with one attached hydrogen (secondary N) is 1. The molecule has 0 saturated carbocycles. The minimum Gasteiger partial charge on any atom is -0.295 e. The molecule has 88 valence electrons. The quantitative estimate of drug-likeness (QED) is 0.886. The number of carbonyl (C=O) groups is 1. The number of rotatable bonds is 2. The first-order valence-electron chi connectivity index (χ1n) is 4.81. The van der Waals surface area contributed by atoms with E-state index in [1.165, 1.54) is 30.4 Å². The summed E-state index contributed by atoms with van der Waals surface area (Å²) in [4.78, 5) is 15.6. The number of anilines is 1. The lowest BCUT2D eigenvalue weighted by Crippen LogP contribution is -2.14. The summed E-state index contributed by atoms with van der Waals surface area (Å²) in [5, 5.41) is 11.2. The molecule has 2 aromatic heterocycles. The Kier molecular flexibility index (Phi) is 3.10. The Labute approximate surface area is 101 Å². The van der Waals surface area contributed by atoms with Crippen molar-refractivity contribution in [3.05, 3.63) is 34.3 Å². The molecule has 1 amide bonds. The number of hydrogen-bond donors (Lipinski definition) is 1. The highest BCUT2D eigenvalue weighted by Gasteiger charge is 2.11. The van der Waals surface area contributed by atoms with Gasteiger partial charge in [-0.15, -0.1) is 10.2 Å². The summed E-state index contributed by atoms with van der Waals surface area (Å²) in [5.41, 5.74) is 0.336. The molecule has 0 unspecified atom stereocenters. The van der Waals surface area contributed by atoms with Crippen LogP contribution in [0.1, 0.15) is 21.2 Å². The van der Waals surface area contributed by atoms with Crippen LogP contribution in [0.15, 0.2) is 12.1 Å². The predicted molar refractivity (Wildman–Crippen MR) is 61.5 cm³/mol. The number of aryl methyl sites for hydroxylation is 2. The van der Waals surface area contributed by atoms with Gasteiger partial charge in [0.05, 0.1) is 5.69 Å². The number of nitrogens with zero attached hydrogens (tertiary/aromatic N) is 3. The lowest BCUT2D eigenvalue weighted by Gasteiger charge is -2.01. The zero-order valence-corrected chi connectivity index (χ0v) is 10.0. The van der Waals surface area contributed by atoms with Crippen molar-refractivity contribution in [3.63, 3.8) is 0 Å². The third kappa shape index (κ3) is 2.62. The maximum Gasteiger partial charge on any atom is 0.276 e. The molecule has 5 nitrogen and oxygen atoms in total. The van der Waals surface area contributed by atoms with Gasteiger partial charge in [0.2, 0.25) is 5.13 Å². The molecule has 2 heterocycles. The molecule has 0 aliphatic rings. The van der Waals surface area contributed by atoms with Crippen LogP contribution in [0.5, 0.6) is 0 Å². The average Bonchev–Trinajstić information content (AvgIpc) is 2.68. The fourth-order valence-corrected chi connectivity index (χ4v) is 1.77. The minimum atomic E-state index is -0.437. The standard InChI is InChI=1S/C10H9FN4OS/c1-5-7(11)3-4-8(12-5)9(16)13-10-15-14-6(2)17-10/h3-4H,1-2H3,(H,13,15,16). The van der Waals surface area contributed by atoms with Gasteiger partial charge < -0.3 is 0 Å². The van der Waals surface area contributed by atoms with Crippen molar-refractivity contribution in [2.24, 2.45) is 0 Å².